The molecule has 0 spiro atoms. The molecule has 2 heterocycles. The third-order valence-corrected chi connectivity index (χ3v) is 4.00. The van der Waals surface area contributed by atoms with Gasteiger partial charge >= 0.3 is 0 Å². The second-order valence-corrected chi connectivity index (χ2v) is 5.42. The minimum absolute atomic E-state index is 0.139. The Morgan fingerprint density at radius 3 is 1.38 bits per heavy atom. The van der Waals surface area contributed by atoms with Crippen LogP contribution < -0.4 is 10.6 Å². The van der Waals surface area contributed by atoms with Crippen molar-refractivity contribution in [2.75, 3.05) is 0 Å². The van der Waals surface area contributed by atoms with Crippen molar-refractivity contribution >= 4 is 29.4 Å². The Labute approximate surface area is 134 Å². The molecular formula is C17H8N2O5. The van der Waals surface area contributed by atoms with Crippen molar-refractivity contribution in [2.45, 2.75) is 0 Å². The summed E-state index contributed by atoms with van der Waals surface area (Å²) in [6, 6.07) is 8.39. The van der Waals surface area contributed by atoms with Crippen LogP contribution >= 0.6 is 0 Å². The summed E-state index contributed by atoms with van der Waals surface area (Å²) in [6.45, 7) is 0. The average molecular weight is 320 g/mol. The second kappa shape index (κ2) is 4.69. The zero-order chi connectivity index (χ0) is 17.0. The van der Waals surface area contributed by atoms with Gasteiger partial charge in [0.15, 0.2) is 5.78 Å². The summed E-state index contributed by atoms with van der Waals surface area (Å²) in [5.41, 5.74) is 1.14. The molecule has 0 aliphatic carbocycles. The summed E-state index contributed by atoms with van der Waals surface area (Å²) < 4.78 is 0. The quantitative estimate of drug-likeness (QED) is 0.625. The number of hydrogen-bond acceptors (Lipinski definition) is 5. The van der Waals surface area contributed by atoms with E-state index in [0.29, 0.717) is 0 Å². The van der Waals surface area contributed by atoms with Gasteiger partial charge in [-0.2, -0.15) is 0 Å². The summed E-state index contributed by atoms with van der Waals surface area (Å²) in [7, 11) is 0. The third-order valence-electron chi connectivity index (χ3n) is 4.00. The molecule has 0 radical (unpaired) electrons. The first-order valence-corrected chi connectivity index (χ1v) is 7.00. The highest BCUT2D eigenvalue weighted by Gasteiger charge is 2.29. The molecule has 2 aliphatic heterocycles. The fourth-order valence-corrected chi connectivity index (χ4v) is 2.78. The highest BCUT2D eigenvalue weighted by Crippen LogP contribution is 2.22. The first-order valence-electron chi connectivity index (χ1n) is 7.00. The van der Waals surface area contributed by atoms with Crippen LogP contribution in [-0.2, 0) is 0 Å². The molecule has 7 heteroatoms. The van der Waals surface area contributed by atoms with Gasteiger partial charge < -0.3 is 0 Å². The summed E-state index contributed by atoms with van der Waals surface area (Å²) in [6.07, 6.45) is 0. The molecule has 0 saturated carbocycles. The van der Waals surface area contributed by atoms with Crippen LogP contribution in [0.3, 0.4) is 0 Å². The molecule has 24 heavy (non-hydrogen) atoms. The predicted octanol–water partition coefficient (Wildman–Crippen LogP) is 0.685. The van der Waals surface area contributed by atoms with Crippen molar-refractivity contribution in [2.24, 2.45) is 0 Å². The number of hydrogen-bond donors (Lipinski definition) is 2. The van der Waals surface area contributed by atoms with Gasteiger partial charge in [-0.25, -0.2) is 0 Å². The van der Waals surface area contributed by atoms with Crippen LogP contribution in [-0.4, -0.2) is 29.4 Å². The maximum Gasteiger partial charge on any atom is 0.258 e. The first kappa shape index (κ1) is 14.0. The molecule has 0 aromatic heterocycles. The van der Waals surface area contributed by atoms with Gasteiger partial charge in [-0.15, -0.1) is 0 Å². The molecule has 7 nitrogen and oxygen atoms in total. The van der Waals surface area contributed by atoms with Gasteiger partial charge in [0.05, 0.1) is 22.3 Å². The highest BCUT2D eigenvalue weighted by atomic mass is 16.2. The largest absolute Gasteiger partial charge is 0.289 e. The fraction of sp³-hybridized carbons (Fsp3) is 0. The number of carbonyl (C=O) groups is 5. The number of imide groups is 2. The van der Waals surface area contributed by atoms with Crippen molar-refractivity contribution in [3.05, 3.63) is 69.8 Å². The zero-order valence-electron chi connectivity index (χ0n) is 12.0. The number of rotatable bonds is 2. The normalized spacial score (nSPS) is 15.0. The van der Waals surface area contributed by atoms with E-state index in [2.05, 4.69) is 10.6 Å². The maximum atomic E-state index is 12.6. The number of amides is 4. The molecular weight excluding hydrogens is 312 g/mol. The molecule has 2 aromatic rings. The first-order chi connectivity index (χ1) is 11.5. The van der Waals surface area contributed by atoms with E-state index in [4.69, 9.17) is 0 Å². The lowest BCUT2D eigenvalue weighted by Crippen LogP contribution is -2.19. The number of benzene rings is 2. The zero-order valence-corrected chi connectivity index (χ0v) is 12.0. The van der Waals surface area contributed by atoms with Crippen LogP contribution in [0, 0.1) is 0 Å². The molecule has 0 saturated heterocycles. The second-order valence-electron chi connectivity index (χ2n) is 5.42. The SMILES string of the molecule is O=C(c1ccc2c(c1)C(=O)NC2=O)c1ccc2c(c1)C(=O)NC2=O. The van der Waals surface area contributed by atoms with E-state index in [1.165, 1.54) is 36.4 Å². The number of ketones is 1. The Balaban J connectivity index is 1.76. The van der Waals surface area contributed by atoms with E-state index < -0.39 is 29.4 Å². The molecule has 4 amide bonds. The maximum absolute atomic E-state index is 12.6. The summed E-state index contributed by atoms with van der Waals surface area (Å²) in [4.78, 5) is 59.0. The van der Waals surface area contributed by atoms with Gasteiger partial charge in [-0.3, -0.25) is 34.6 Å². The molecule has 116 valence electrons. The van der Waals surface area contributed by atoms with Gasteiger partial charge in [0.25, 0.3) is 23.6 Å². The van der Waals surface area contributed by atoms with Crippen LogP contribution in [0.1, 0.15) is 57.4 Å². The lowest BCUT2D eigenvalue weighted by molar-refractivity contribution is 0.0863. The Morgan fingerprint density at radius 1 is 0.583 bits per heavy atom. The molecule has 2 N–H and O–H groups in total. The standard InChI is InChI=1S/C17H8N2O5/c20-13(7-1-3-9-11(5-7)16(23)18-14(9)21)8-2-4-10-12(6-8)17(24)19-15(10)22/h1-6H,(H,18,21,23)(H,19,22,24). The lowest BCUT2D eigenvalue weighted by atomic mass is 9.96. The Bertz CT molecular complexity index is 927. The van der Waals surface area contributed by atoms with E-state index in [0.717, 1.165) is 0 Å². The van der Waals surface area contributed by atoms with Crippen molar-refractivity contribution in [1.82, 2.24) is 10.6 Å². The van der Waals surface area contributed by atoms with Crippen LogP contribution in [0.4, 0.5) is 0 Å². The van der Waals surface area contributed by atoms with Crippen molar-refractivity contribution in [3.63, 3.8) is 0 Å². The van der Waals surface area contributed by atoms with Crippen LogP contribution in [0.2, 0.25) is 0 Å². The molecule has 0 fully saturated rings. The van der Waals surface area contributed by atoms with Crippen molar-refractivity contribution in [1.29, 1.82) is 0 Å². The van der Waals surface area contributed by atoms with E-state index in [-0.39, 0.29) is 33.4 Å². The van der Waals surface area contributed by atoms with Crippen LogP contribution in [0.15, 0.2) is 36.4 Å². The van der Waals surface area contributed by atoms with E-state index >= 15 is 0 Å². The van der Waals surface area contributed by atoms with Gasteiger partial charge in [-0.1, -0.05) is 12.1 Å². The van der Waals surface area contributed by atoms with Gasteiger partial charge in [0, 0.05) is 11.1 Å². The molecule has 0 unspecified atom stereocenters. The summed E-state index contributed by atoms with van der Waals surface area (Å²) >= 11 is 0. The lowest BCUT2D eigenvalue weighted by Gasteiger charge is -2.04. The molecule has 0 bridgehead atoms. The van der Waals surface area contributed by atoms with Crippen LogP contribution in [0.25, 0.3) is 0 Å². The smallest absolute Gasteiger partial charge is 0.258 e. The number of carbonyl (C=O) groups excluding carboxylic acids is 5. The molecule has 2 aliphatic rings. The van der Waals surface area contributed by atoms with E-state index in [1.807, 2.05) is 0 Å². The Morgan fingerprint density at radius 2 is 0.958 bits per heavy atom. The van der Waals surface area contributed by atoms with Crippen molar-refractivity contribution < 1.29 is 24.0 Å². The molecule has 2 aromatic carbocycles. The van der Waals surface area contributed by atoms with Crippen LogP contribution in [0.5, 0.6) is 0 Å². The predicted molar refractivity (Wildman–Crippen MR) is 79.9 cm³/mol. The third kappa shape index (κ3) is 1.88. The average Bonchev–Trinajstić information content (AvgIpc) is 3.02. The van der Waals surface area contributed by atoms with Gasteiger partial charge in [0.2, 0.25) is 0 Å². The Hall–Kier alpha value is -3.61. The van der Waals surface area contributed by atoms with E-state index in [9.17, 15) is 24.0 Å². The van der Waals surface area contributed by atoms with Gasteiger partial charge in [-0.05, 0) is 24.3 Å². The van der Waals surface area contributed by atoms with E-state index in [1.54, 1.807) is 0 Å². The fourth-order valence-electron chi connectivity index (χ4n) is 2.78. The monoisotopic (exact) mass is 320 g/mol. The summed E-state index contributed by atoms with van der Waals surface area (Å²) in [5, 5.41) is 4.31. The minimum atomic E-state index is -0.552. The topological polar surface area (TPSA) is 109 Å². The Kier molecular flexibility index (Phi) is 2.74. The van der Waals surface area contributed by atoms with Gasteiger partial charge in [0.1, 0.15) is 0 Å². The number of nitrogens with one attached hydrogen (secondary N) is 2. The highest BCUT2D eigenvalue weighted by molar-refractivity contribution is 6.24. The minimum Gasteiger partial charge on any atom is -0.289 e. The van der Waals surface area contributed by atoms with Crippen molar-refractivity contribution in [3.8, 4) is 0 Å². The molecule has 4 rings (SSSR count). The summed E-state index contributed by atoms with van der Waals surface area (Å²) in [5.74, 6) is -2.52. The molecule has 0 atom stereocenters. The number of fused-ring (bicyclic) bond motifs is 2.